The number of rotatable bonds is 5. The van der Waals surface area contributed by atoms with Gasteiger partial charge in [-0.2, -0.15) is 5.26 Å². The molecule has 0 aliphatic heterocycles. The molecule has 1 N–H and O–H groups in total. The van der Waals surface area contributed by atoms with Crippen molar-refractivity contribution in [3.05, 3.63) is 59.0 Å². The van der Waals surface area contributed by atoms with Crippen LogP contribution in [0, 0.1) is 11.3 Å². The van der Waals surface area contributed by atoms with Crippen molar-refractivity contribution in [1.82, 2.24) is 15.0 Å². The zero-order valence-electron chi connectivity index (χ0n) is 12.9. The first-order valence-corrected chi connectivity index (χ1v) is 7.74. The number of hydrogen-bond acceptors (Lipinski definition) is 7. The fraction of sp³-hybridized carbons (Fsp3) is 0.118. The summed E-state index contributed by atoms with van der Waals surface area (Å²) < 4.78 is 5.26. The van der Waals surface area contributed by atoms with E-state index in [9.17, 15) is 4.79 Å². The average Bonchev–Trinajstić information content (AvgIpc) is 2.64. The number of nitrogens with zero attached hydrogens (tertiary/aromatic N) is 4. The molecule has 25 heavy (non-hydrogen) atoms. The smallest absolute Gasteiger partial charge is 0.339 e. The fourth-order valence-corrected chi connectivity index (χ4v) is 2.41. The summed E-state index contributed by atoms with van der Waals surface area (Å²) in [6, 6.07) is 10.3. The van der Waals surface area contributed by atoms with Crippen LogP contribution >= 0.6 is 11.6 Å². The van der Waals surface area contributed by atoms with Gasteiger partial charge < -0.3 is 10.1 Å². The minimum Gasteiger partial charge on any atom is -0.460 e. The summed E-state index contributed by atoms with van der Waals surface area (Å²) in [5, 5.41) is 12.7. The second-order valence-electron chi connectivity index (χ2n) is 4.94. The van der Waals surface area contributed by atoms with Crippen LogP contribution in [0.25, 0.3) is 11.0 Å². The first kappa shape index (κ1) is 16.6. The van der Waals surface area contributed by atoms with E-state index in [0.29, 0.717) is 34.5 Å². The van der Waals surface area contributed by atoms with E-state index < -0.39 is 5.97 Å². The molecule has 8 heteroatoms. The molecule has 0 aromatic carbocycles. The van der Waals surface area contributed by atoms with Crippen molar-refractivity contribution in [2.24, 2.45) is 0 Å². The van der Waals surface area contributed by atoms with Crippen LogP contribution < -0.4 is 5.32 Å². The standard InChI is InChI=1S/C17H12ClN5O2/c18-14-9-13(12-4-2-6-21-16(12)23-14)17(24)25-8-7-22-15-11(10-19)3-1-5-20-15/h1-6,9H,7-8H2,(H,20,22). The van der Waals surface area contributed by atoms with Crippen LogP contribution in [0.4, 0.5) is 5.82 Å². The molecule has 0 aliphatic rings. The molecule has 0 saturated carbocycles. The molecule has 0 amide bonds. The minimum atomic E-state index is -0.523. The van der Waals surface area contributed by atoms with Crippen LogP contribution in [-0.4, -0.2) is 34.1 Å². The number of carbonyl (C=O) groups excluding carboxylic acids is 1. The van der Waals surface area contributed by atoms with E-state index in [0.717, 1.165) is 0 Å². The van der Waals surface area contributed by atoms with E-state index in [1.54, 1.807) is 36.7 Å². The Morgan fingerprint density at radius 3 is 2.92 bits per heavy atom. The monoisotopic (exact) mass is 353 g/mol. The summed E-state index contributed by atoms with van der Waals surface area (Å²) in [6.45, 7) is 0.411. The van der Waals surface area contributed by atoms with E-state index >= 15 is 0 Å². The highest BCUT2D eigenvalue weighted by molar-refractivity contribution is 6.30. The number of nitriles is 1. The van der Waals surface area contributed by atoms with E-state index in [1.807, 2.05) is 6.07 Å². The quantitative estimate of drug-likeness (QED) is 0.427. The summed E-state index contributed by atoms with van der Waals surface area (Å²) in [7, 11) is 0. The number of carbonyl (C=O) groups is 1. The molecule has 0 unspecified atom stereocenters. The highest BCUT2D eigenvalue weighted by Crippen LogP contribution is 2.20. The van der Waals surface area contributed by atoms with Crippen LogP contribution in [0.2, 0.25) is 5.15 Å². The third-order valence-corrected chi connectivity index (χ3v) is 3.52. The van der Waals surface area contributed by atoms with Crippen molar-refractivity contribution >= 4 is 34.4 Å². The molecule has 0 spiro atoms. The lowest BCUT2D eigenvalue weighted by Gasteiger charge is -2.09. The number of nitrogens with one attached hydrogen (secondary N) is 1. The van der Waals surface area contributed by atoms with Crippen molar-refractivity contribution in [3.8, 4) is 6.07 Å². The number of halogens is 1. The molecule has 3 heterocycles. The number of hydrogen-bond donors (Lipinski definition) is 1. The zero-order valence-corrected chi connectivity index (χ0v) is 13.7. The van der Waals surface area contributed by atoms with Gasteiger partial charge >= 0.3 is 5.97 Å². The second-order valence-corrected chi connectivity index (χ2v) is 5.33. The first-order valence-electron chi connectivity index (χ1n) is 7.36. The molecule has 7 nitrogen and oxygen atoms in total. The molecule has 0 bridgehead atoms. The fourth-order valence-electron chi connectivity index (χ4n) is 2.22. The van der Waals surface area contributed by atoms with Crippen LogP contribution in [0.1, 0.15) is 15.9 Å². The van der Waals surface area contributed by atoms with Crippen molar-refractivity contribution in [3.63, 3.8) is 0 Å². The van der Waals surface area contributed by atoms with Crippen LogP contribution in [-0.2, 0) is 4.74 Å². The number of pyridine rings is 3. The normalized spacial score (nSPS) is 10.2. The number of fused-ring (bicyclic) bond motifs is 1. The molecule has 124 valence electrons. The summed E-state index contributed by atoms with van der Waals surface area (Å²) in [4.78, 5) is 24.5. The summed E-state index contributed by atoms with van der Waals surface area (Å²) >= 11 is 5.93. The van der Waals surface area contributed by atoms with E-state index in [-0.39, 0.29) is 11.8 Å². The van der Waals surface area contributed by atoms with Crippen molar-refractivity contribution in [2.45, 2.75) is 0 Å². The molecular weight excluding hydrogens is 342 g/mol. The minimum absolute atomic E-state index is 0.0992. The van der Waals surface area contributed by atoms with Crippen LogP contribution in [0.15, 0.2) is 42.7 Å². The highest BCUT2D eigenvalue weighted by Gasteiger charge is 2.14. The van der Waals surface area contributed by atoms with Crippen molar-refractivity contribution < 1.29 is 9.53 Å². The Kier molecular flexibility index (Phi) is 5.02. The number of esters is 1. The largest absolute Gasteiger partial charge is 0.460 e. The van der Waals surface area contributed by atoms with Crippen molar-refractivity contribution in [1.29, 1.82) is 5.26 Å². The predicted octanol–water partition coefficient (Wildman–Crippen LogP) is 2.82. The Morgan fingerprint density at radius 1 is 1.28 bits per heavy atom. The maximum absolute atomic E-state index is 12.3. The van der Waals surface area contributed by atoms with E-state index in [4.69, 9.17) is 21.6 Å². The molecule has 3 aromatic rings. The average molecular weight is 354 g/mol. The molecule has 3 aromatic heterocycles. The van der Waals surface area contributed by atoms with Crippen molar-refractivity contribution in [2.75, 3.05) is 18.5 Å². The molecule has 0 saturated heterocycles. The maximum atomic E-state index is 12.3. The molecule has 3 rings (SSSR count). The highest BCUT2D eigenvalue weighted by atomic mass is 35.5. The van der Waals surface area contributed by atoms with E-state index in [2.05, 4.69) is 20.3 Å². The molecule has 0 radical (unpaired) electrons. The van der Waals surface area contributed by atoms with Gasteiger partial charge in [-0.05, 0) is 30.3 Å². The summed E-state index contributed by atoms with van der Waals surface area (Å²) in [6.07, 6.45) is 3.15. The van der Waals surface area contributed by atoms with E-state index in [1.165, 1.54) is 6.07 Å². The Hall–Kier alpha value is -3.24. The maximum Gasteiger partial charge on any atom is 0.339 e. The van der Waals surface area contributed by atoms with Crippen LogP contribution in [0.5, 0.6) is 0 Å². The predicted molar refractivity (Wildman–Crippen MR) is 92.3 cm³/mol. The Labute approximate surface area is 148 Å². The number of aromatic nitrogens is 3. The summed E-state index contributed by atoms with van der Waals surface area (Å²) in [5.74, 6) is -0.0757. The number of ether oxygens (including phenoxy) is 1. The zero-order chi connectivity index (χ0) is 17.6. The van der Waals surface area contributed by atoms with Gasteiger partial charge in [0.25, 0.3) is 0 Å². The SMILES string of the molecule is N#Cc1cccnc1NCCOC(=O)c1cc(Cl)nc2ncccc12. The Balaban J connectivity index is 1.65. The van der Waals surface area contributed by atoms with Gasteiger partial charge in [0.1, 0.15) is 23.6 Å². The lowest BCUT2D eigenvalue weighted by atomic mass is 10.1. The van der Waals surface area contributed by atoms with Gasteiger partial charge in [0.2, 0.25) is 0 Å². The van der Waals surface area contributed by atoms with Gasteiger partial charge in [-0.25, -0.2) is 19.7 Å². The molecule has 0 aliphatic carbocycles. The topological polar surface area (TPSA) is 101 Å². The Morgan fingerprint density at radius 2 is 2.08 bits per heavy atom. The third-order valence-electron chi connectivity index (χ3n) is 3.33. The molecule has 0 atom stereocenters. The lowest BCUT2D eigenvalue weighted by molar-refractivity contribution is 0.0523. The van der Waals surface area contributed by atoms with Gasteiger partial charge in [0.15, 0.2) is 5.65 Å². The van der Waals surface area contributed by atoms with Gasteiger partial charge in [-0.1, -0.05) is 11.6 Å². The third kappa shape index (κ3) is 3.82. The first-order chi connectivity index (χ1) is 12.2. The number of anilines is 1. The van der Waals surface area contributed by atoms with Crippen LogP contribution in [0.3, 0.4) is 0 Å². The Bertz CT molecular complexity index is 971. The van der Waals surface area contributed by atoms with Gasteiger partial charge in [-0.15, -0.1) is 0 Å². The molecular formula is C17H12ClN5O2. The van der Waals surface area contributed by atoms with Gasteiger partial charge in [-0.3, -0.25) is 0 Å². The van der Waals surface area contributed by atoms with Gasteiger partial charge in [0.05, 0.1) is 17.7 Å². The second kappa shape index (κ2) is 7.55. The molecule has 0 fully saturated rings. The lowest BCUT2D eigenvalue weighted by Crippen LogP contribution is -2.15. The van der Waals surface area contributed by atoms with Gasteiger partial charge in [0, 0.05) is 17.8 Å². The summed E-state index contributed by atoms with van der Waals surface area (Å²) in [5.41, 5.74) is 1.11.